The van der Waals surface area contributed by atoms with Crippen LogP contribution < -0.4 is 10.2 Å². The standard InChI is InChI=1S/C10H16O6/c11-7(6-8(12)10(15)16)4-2-1-3-5-9(13)14/h6-7,11-12H,1-5H2,(H,13,14)(H,15,16)/p-2/b8-6-. The maximum atomic E-state index is 10.6. The maximum absolute atomic E-state index is 10.6. The predicted octanol–water partition coefficient (Wildman–Crippen LogP) is -1.62. The topological polar surface area (TPSA) is 121 Å². The molecule has 0 aromatic rings. The molecule has 0 aliphatic carbocycles. The molecule has 0 spiro atoms. The third-order valence-electron chi connectivity index (χ3n) is 1.94. The average molecular weight is 230 g/mol. The van der Waals surface area contributed by atoms with E-state index in [0.717, 1.165) is 6.08 Å². The second kappa shape index (κ2) is 7.70. The minimum absolute atomic E-state index is 0.0339. The zero-order valence-electron chi connectivity index (χ0n) is 8.72. The second-order valence-corrected chi connectivity index (χ2v) is 3.37. The number of aliphatic hydroxyl groups is 1. The number of carbonyl (C=O) groups excluding carboxylic acids is 1. The molecule has 0 saturated carbocycles. The molecule has 0 amide bonds. The molecule has 0 bridgehead atoms. The van der Waals surface area contributed by atoms with Crippen LogP contribution >= 0.6 is 0 Å². The Bertz CT molecular complexity index is 270. The van der Waals surface area contributed by atoms with E-state index in [1.165, 1.54) is 0 Å². The van der Waals surface area contributed by atoms with Crippen molar-refractivity contribution in [2.24, 2.45) is 0 Å². The number of aliphatic hydroxyl groups excluding tert-OH is 1. The Morgan fingerprint density at radius 1 is 1.19 bits per heavy atom. The van der Waals surface area contributed by atoms with Crippen LogP contribution in [0.25, 0.3) is 0 Å². The van der Waals surface area contributed by atoms with Crippen LogP contribution in [0.2, 0.25) is 0 Å². The van der Waals surface area contributed by atoms with Gasteiger partial charge in [0.1, 0.15) is 0 Å². The Morgan fingerprint density at radius 3 is 2.31 bits per heavy atom. The number of unbranched alkanes of at least 4 members (excludes halogenated alkanes) is 2. The Labute approximate surface area is 92.8 Å². The van der Waals surface area contributed by atoms with Crippen molar-refractivity contribution in [3.63, 3.8) is 0 Å². The molecular formula is C10H14O6-2. The van der Waals surface area contributed by atoms with Gasteiger partial charge in [-0.25, -0.2) is 4.79 Å². The molecule has 0 rings (SSSR count). The van der Waals surface area contributed by atoms with Gasteiger partial charge >= 0.3 is 5.97 Å². The second-order valence-electron chi connectivity index (χ2n) is 3.37. The number of hydrogen-bond acceptors (Lipinski definition) is 5. The smallest absolute Gasteiger partial charge is 0.320 e. The number of aliphatic carboxylic acids is 2. The summed E-state index contributed by atoms with van der Waals surface area (Å²) in [5, 5.41) is 38.1. The molecule has 0 saturated heterocycles. The first-order chi connectivity index (χ1) is 7.43. The number of rotatable bonds is 8. The molecule has 0 aromatic heterocycles. The Hall–Kier alpha value is -1.56. The molecule has 0 heterocycles. The Kier molecular flexibility index (Phi) is 6.95. The molecule has 2 N–H and O–H groups in total. The van der Waals surface area contributed by atoms with Gasteiger partial charge in [0.2, 0.25) is 0 Å². The van der Waals surface area contributed by atoms with E-state index in [2.05, 4.69) is 0 Å². The lowest BCUT2D eigenvalue weighted by Crippen LogP contribution is -2.21. The minimum Gasteiger partial charge on any atom is -0.868 e. The molecule has 92 valence electrons. The summed E-state index contributed by atoms with van der Waals surface area (Å²) in [6.07, 6.45) is 1.41. The van der Waals surface area contributed by atoms with E-state index in [-0.39, 0.29) is 12.8 Å². The van der Waals surface area contributed by atoms with Gasteiger partial charge < -0.3 is 25.2 Å². The minimum atomic E-state index is -1.60. The fourth-order valence-corrected chi connectivity index (χ4v) is 1.13. The molecule has 1 unspecified atom stereocenters. The summed E-state index contributed by atoms with van der Waals surface area (Å²) < 4.78 is 0. The molecule has 0 fully saturated rings. The normalized spacial score (nSPS) is 13.4. The monoisotopic (exact) mass is 230 g/mol. The van der Waals surface area contributed by atoms with Crippen molar-refractivity contribution in [1.82, 2.24) is 0 Å². The van der Waals surface area contributed by atoms with Crippen LogP contribution in [0.3, 0.4) is 0 Å². The summed E-state index contributed by atoms with van der Waals surface area (Å²) in [7, 11) is 0. The van der Waals surface area contributed by atoms with E-state index in [4.69, 9.17) is 5.11 Å². The highest BCUT2D eigenvalue weighted by Crippen LogP contribution is 2.07. The van der Waals surface area contributed by atoms with Crippen LogP contribution in [-0.4, -0.2) is 28.3 Å². The van der Waals surface area contributed by atoms with E-state index in [9.17, 15) is 24.9 Å². The lowest BCUT2D eigenvalue weighted by atomic mass is 10.1. The molecule has 0 aliphatic rings. The van der Waals surface area contributed by atoms with E-state index in [1.807, 2.05) is 0 Å². The van der Waals surface area contributed by atoms with Gasteiger partial charge in [0, 0.05) is 5.97 Å². The zero-order chi connectivity index (χ0) is 12.6. The summed E-state index contributed by atoms with van der Waals surface area (Å²) >= 11 is 0. The molecule has 1 atom stereocenters. The van der Waals surface area contributed by atoms with Gasteiger partial charge in [0.05, 0.1) is 6.10 Å². The van der Waals surface area contributed by atoms with Gasteiger partial charge in [-0.15, -0.1) is 0 Å². The van der Waals surface area contributed by atoms with Crippen LogP contribution in [0, 0.1) is 0 Å². The molecule has 0 radical (unpaired) electrons. The van der Waals surface area contributed by atoms with E-state index in [0.29, 0.717) is 19.3 Å². The summed E-state index contributed by atoms with van der Waals surface area (Å²) in [4.78, 5) is 20.2. The highest BCUT2D eigenvalue weighted by atomic mass is 16.4. The summed E-state index contributed by atoms with van der Waals surface area (Å²) in [5.41, 5.74) is 0. The van der Waals surface area contributed by atoms with Crippen molar-refractivity contribution in [2.75, 3.05) is 0 Å². The third-order valence-corrected chi connectivity index (χ3v) is 1.94. The third kappa shape index (κ3) is 7.81. The molecule has 16 heavy (non-hydrogen) atoms. The highest BCUT2D eigenvalue weighted by molar-refractivity contribution is 5.83. The first-order valence-electron chi connectivity index (χ1n) is 4.93. The number of carboxylic acids is 2. The summed E-state index contributed by atoms with van der Waals surface area (Å²) in [5.74, 6) is -3.86. The average Bonchev–Trinajstić information content (AvgIpc) is 2.16. The maximum Gasteiger partial charge on any atom is 0.320 e. The van der Waals surface area contributed by atoms with Crippen molar-refractivity contribution in [3.8, 4) is 0 Å². The van der Waals surface area contributed by atoms with Gasteiger partial charge in [-0.2, -0.15) is 0 Å². The van der Waals surface area contributed by atoms with Crippen LogP contribution in [0.4, 0.5) is 0 Å². The van der Waals surface area contributed by atoms with Gasteiger partial charge in [0.25, 0.3) is 0 Å². The molecule has 6 heteroatoms. The van der Waals surface area contributed by atoms with Crippen LogP contribution in [0.15, 0.2) is 11.8 Å². The number of hydrogen-bond donors (Lipinski definition) is 2. The number of carbonyl (C=O) groups is 2. The van der Waals surface area contributed by atoms with E-state index < -0.39 is 23.8 Å². The first-order valence-corrected chi connectivity index (χ1v) is 4.93. The van der Waals surface area contributed by atoms with Crippen molar-refractivity contribution in [3.05, 3.63) is 11.8 Å². The van der Waals surface area contributed by atoms with E-state index >= 15 is 0 Å². The quantitative estimate of drug-likeness (QED) is 0.293. The Balaban J connectivity index is 3.66. The fraction of sp³-hybridized carbons (Fsp3) is 0.600. The van der Waals surface area contributed by atoms with Crippen LogP contribution in [0.1, 0.15) is 32.1 Å². The van der Waals surface area contributed by atoms with Gasteiger partial charge in [0.15, 0.2) is 0 Å². The van der Waals surface area contributed by atoms with Crippen molar-refractivity contribution in [1.29, 1.82) is 0 Å². The van der Waals surface area contributed by atoms with Crippen LogP contribution in [-0.2, 0) is 9.59 Å². The fourth-order valence-electron chi connectivity index (χ4n) is 1.13. The van der Waals surface area contributed by atoms with Gasteiger partial charge in [-0.1, -0.05) is 18.9 Å². The number of carboxylic acid groups (broad SMARTS) is 2. The summed E-state index contributed by atoms with van der Waals surface area (Å²) in [6.45, 7) is 0. The SMILES string of the molecule is O=C([O-])CCCCCC(O)/C=C(\[O-])C(=O)O. The van der Waals surface area contributed by atoms with Gasteiger partial charge in [-0.05, 0) is 25.0 Å². The van der Waals surface area contributed by atoms with Crippen molar-refractivity contribution < 1.29 is 30.0 Å². The molecule has 0 aromatic carbocycles. The highest BCUT2D eigenvalue weighted by Gasteiger charge is 2.02. The largest absolute Gasteiger partial charge is 0.868 e. The van der Waals surface area contributed by atoms with E-state index in [1.54, 1.807) is 0 Å². The molecule has 6 nitrogen and oxygen atoms in total. The molecular weight excluding hydrogens is 216 g/mol. The first kappa shape index (κ1) is 14.4. The Morgan fingerprint density at radius 2 is 1.81 bits per heavy atom. The zero-order valence-corrected chi connectivity index (χ0v) is 8.72. The predicted molar refractivity (Wildman–Crippen MR) is 49.8 cm³/mol. The lowest BCUT2D eigenvalue weighted by molar-refractivity contribution is -0.305. The summed E-state index contributed by atoms with van der Waals surface area (Å²) in [6, 6.07) is 0. The van der Waals surface area contributed by atoms with Gasteiger partial charge in [-0.3, -0.25) is 0 Å². The molecule has 0 aliphatic heterocycles. The van der Waals surface area contributed by atoms with Crippen molar-refractivity contribution in [2.45, 2.75) is 38.2 Å². The van der Waals surface area contributed by atoms with Crippen molar-refractivity contribution >= 4 is 11.9 Å². The lowest BCUT2D eigenvalue weighted by Gasteiger charge is -2.10. The van der Waals surface area contributed by atoms with Crippen LogP contribution in [0.5, 0.6) is 0 Å².